The van der Waals surface area contributed by atoms with Gasteiger partial charge in [-0.2, -0.15) is 22.7 Å². The van der Waals surface area contributed by atoms with Crippen molar-refractivity contribution in [2.45, 2.75) is 50.6 Å². The molecule has 1 aromatic heterocycles. The molecule has 170 valence electrons. The van der Waals surface area contributed by atoms with Gasteiger partial charge in [-0.05, 0) is 26.0 Å². The van der Waals surface area contributed by atoms with Crippen LogP contribution in [0.5, 0.6) is 5.75 Å². The summed E-state index contributed by atoms with van der Waals surface area (Å²) in [6.07, 6.45) is -4.99. The SMILES string of the molecule is COc1c([C@H]2[C@H](C(=O)N[C@H](C)c3ccn[nH]3)O[C@@](C)(C(F)(F)F)[C@H]2C)ccc(F)c1F. The van der Waals surface area contributed by atoms with Crippen molar-refractivity contribution in [2.75, 3.05) is 7.11 Å². The second kappa shape index (κ2) is 8.10. The summed E-state index contributed by atoms with van der Waals surface area (Å²) in [5.74, 6) is -6.54. The number of methoxy groups -OCH3 is 1. The molecule has 0 unspecified atom stereocenters. The molecule has 0 radical (unpaired) electrons. The Bertz CT molecular complexity index is 950. The Morgan fingerprint density at radius 1 is 1.32 bits per heavy atom. The van der Waals surface area contributed by atoms with Crippen molar-refractivity contribution in [1.82, 2.24) is 15.5 Å². The van der Waals surface area contributed by atoms with Gasteiger partial charge < -0.3 is 14.8 Å². The van der Waals surface area contributed by atoms with E-state index in [2.05, 4.69) is 15.5 Å². The van der Waals surface area contributed by atoms with Crippen molar-refractivity contribution >= 4 is 5.91 Å². The van der Waals surface area contributed by atoms with Crippen LogP contribution in [0, 0.1) is 17.6 Å². The number of H-pyrrole nitrogens is 1. The Balaban J connectivity index is 2.05. The van der Waals surface area contributed by atoms with E-state index in [-0.39, 0.29) is 5.56 Å². The van der Waals surface area contributed by atoms with Crippen molar-refractivity contribution in [3.8, 4) is 5.75 Å². The number of halogens is 5. The first kappa shape index (κ1) is 23.0. The Morgan fingerprint density at radius 2 is 2.00 bits per heavy atom. The van der Waals surface area contributed by atoms with Crippen LogP contribution in [-0.4, -0.2) is 41.1 Å². The number of alkyl halides is 3. The van der Waals surface area contributed by atoms with Crippen molar-refractivity contribution < 1.29 is 36.2 Å². The molecule has 1 aromatic carbocycles. The number of rotatable bonds is 5. The van der Waals surface area contributed by atoms with Crippen LogP contribution in [0.4, 0.5) is 22.0 Å². The Kier molecular flexibility index (Phi) is 6.01. The van der Waals surface area contributed by atoms with Gasteiger partial charge >= 0.3 is 6.18 Å². The fraction of sp³-hybridized carbons (Fsp3) is 0.500. The third-order valence-electron chi connectivity index (χ3n) is 5.92. The van der Waals surface area contributed by atoms with E-state index in [0.29, 0.717) is 5.69 Å². The summed E-state index contributed by atoms with van der Waals surface area (Å²) in [5, 5.41) is 9.01. The lowest BCUT2D eigenvalue weighted by molar-refractivity contribution is -0.272. The van der Waals surface area contributed by atoms with E-state index < -0.39 is 59.1 Å². The number of carbonyl (C=O) groups excluding carboxylic acids is 1. The highest BCUT2D eigenvalue weighted by molar-refractivity contribution is 5.83. The van der Waals surface area contributed by atoms with E-state index in [4.69, 9.17) is 9.47 Å². The zero-order valence-electron chi connectivity index (χ0n) is 17.2. The van der Waals surface area contributed by atoms with Crippen LogP contribution >= 0.6 is 0 Å². The lowest BCUT2D eigenvalue weighted by Gasteiger charge is -2.32. The maximum absolute atomic E-state index is 14.3. The molecule has 1 aliphatic heterocycles. The third kappa shape index (κ3) is 3.86. The lowest BCUT2D eigenvalue weighted by atomic mass is 9.77. The molecule has 0 aliphatic carbocycles. The number of aromatic nitrogens is 2. The second-order valence-corrected chi connectivity index (χ2v) is 7.68. The quantitative estimate of drug-likeness (QED) is 0.679. The number of nitrogens with one attached hydrogen (secondary N) is 2. The molecule has 2 N–H and O–H groups in total. The van der Waals surface area contributed by atoms with E-state index in [9.17, 15) is 26.7 Å². The minimum atomic E-state index is -4.82. The van der Waals surface area contributed by atoms with Crippen molar-refractivity contribution in [3.63, 3.8) is 0 Å². The standard InChI is InChI=1S/C20H22F5N3O3/c1-9-14(11-5-6-12(21)15(22)16(11)30-4)17(31-19(9,3)20(23,24)25)18(29)27-10(2)13-7-8-26-28-13/h5-10,14,17H,1-4H3,(H,26,28)(H,27,29)/t9-,10+,14-,17+,19+/m0/s1. The van der Waals surface area contributed by atoms with Crippen LogP contribution in [-0.2, 0) is 9.53 Å². The smallest absolute Gasteiger partial charge is 0.417 e. The van der Waals surface area contributed by atoms with Gasteiger partial charge in [0.15, 0.2) is 17.2 Å². The molecule has 5 atom stereocenters. The van der Waals surface area contributed by atoms with Crippen LogP contribution in [0.2, 0.25) is 0 Å². The molecule has 1 saturated heterocycles. The summed E-state index contributed by atoms with van der Waals surface area (Å²) < 4.78 is 80.0. The predicted octanol–water partition coefficient (Wildman–Crippen LogP) is 4.01. The molecular formula is C20H22F5N3O3. The third-order valence-corrected chi connectivity index (χ3v) is 5.92. The van der Waals surface area contributed by atoms with Crippen LogP contribution < -0.4 is 10.1 Å². The van der Waals surface area contributed by atoms with E-state index in [0.717, 1.165) is 26.2 Å². The van der Waals surface area contributed by atoms with Crippen LogP contribution in [0.1, 0.15) is 44.0 Å². The van der Waals surface area contributed by atoms with Crippen molar-refractivity contribution in [2.24, 2.45) is 5.92 Å². The molecule has 1 aliphatic rings. The molecule has 3 rings (SSSR count). The van der Waals surface area contributed by atoms with E-state index >= 15 is 0 Å². The zero-order valence-corrected chi connectivity index (χ0v) is 17.2. The highest BCUT2D eigenvalue weighted by Gasteiger charge is 2.65. The highest BCUT2D eigenvalue weighted by atomic mass is 19.4. The van der Waals surface area contributed by atoms with Gasteiger partial charge in [0.05, 0.1) is 18.8 Å². The number of benzene rings is 1. The van der Waals surface area contributed by atoms with Gasteiger partial charge in [0.1, 0.15) is 6.10 Å². The predicted molar refractivity (Wildman–Crippen MR) is 99.3 cm³/mol. The average molecular weight is 447 g/mol. The molecule has 1 amide bonds. The molecule has 0 spiro atoms. The fourth-order valence-electron chi connectivity index (χ4n) is 3.92. The van der Waals surface area contributed by atoms with E-state index in [1.165, 1.54) is 13.1 Å². The summed E-state index contributed by atoms with van der Waals surface area (Å²) in [6.45, 7) is 3.70. The number of amides is 1. The summed E-state index contributed by atoms with van der Waals surface area (Å²) in [7, 11) is 1.07. The van der Waals surface area contributed by atoms with Crippen molar-refractivity contribution in [3.05, 3.63) is 47.3 Å². The summed E-state index contributed by atoms with van der Waals surface area (Å²) in [5.41, 5.74) is -2.26. The average Bonchev–Trinajstić information content (AvgIpc) is 3.32. The topological polar surface area (TPSA) is 76.2 Å². The van der Waals surface area contributed by atoms with Gasteiger partial charge in [-0.15, -0.1) is 0 Å². The van der Waals surface area contributed by atoms with Gasteiger partial charge in [0.25, 0.3) is 0 Å². The van der Waals surface area contributed by atoms with Gasteiger partial charge in [0, 0.05) is 23.6 Å². The first-order valence-corrected chi connectivity index (χ1v) is 9.48. The van der Waals surface area contributed by atoms with E-state index in [1.54, 1.807) is 13.0 Å². The van der Waals surface area contributed by atoms with Crippen LogP contribution in [0.25, 0.3) is 0 Å². The first-order chi connectivity index (χ1) is 14.4. The molecule has 31 heavy (non-hydrogen) atoms. The maximum Gasteiger partial charge on any atom is 0.417 e. The summed E-state index contributed by atoms with van der Waals surface area (Å²) in [4.78, 5) is 13.0. The number of ether oxygens (including phenoxy) is 2. The number of hydrogen-bond donors (Lipinski definition) is 2. The highest BCUT2D eigenvalue weighted by Crippen LogP contribution is 2.54. The fourth-order valence-corrected chi connectivity index (χ4v) is 3.92. The Labute approximate surface area is 175 Å². The number of carbonyl (C=O) groups is 1. The lowest BCUT2D eigenvalue weighted by Crippen LogP contribution is -2.47. The van der Waals surface area contributed by atoms with Gasteiger partial charge in [-0.25, -0.2) is 4.39 Å². The largest absolute Gasteiger partial charge is 0.493 e. The molecule has 6 nitrogen and oxygen atoms in total. The maximum atomic E-state index is 14.3. The van der Waals surface area contributed by atoms with Gasteiger partial charge in [-0.3, -0.25) is 9.89 Å². The zero-order chi connectivity index (χ0) is 23.1. The molecule has 2 heterocycles. The first-order valence-electron chi connectivity index (χ1n) is 9.48. The summed E-state index contributed by atoms with van der Waals surface area (Å²) >= 11 is 0. The van der Waals surface area contributed by atoms with E-state index in [1.807, 2.05) is 0 Å². The number of hydrogen-bond acceptors (Lipinski definition) is 4. The minimum Gasteiger partial charge on any atom is -0.493 e. The molecule has 0 bridgehead atoms. The molecule has 2 aromatic rings. The molecular weight excluding hydrogens is 425 g/mol. The molecule has 1 fully saturated rings. The van der Waals surface area contributed by atoms with Crippen LogP contribution in [0.15, 0.2) is 24.4 Å². The number of aromatic amines is 1. The summed E-state index contributed by atoms with van der Waals surface area (Å²) in [6, 6.07) is 2.88. The molecule has 0 saturated carbocycles. The van der Waals surface area contributed by atoms with Gasteiger partial charge in [0.2, 0.25) is 11.7 Å². The van der Waals surface area contributed by atoms with Crippen molar-refractivity contribution in [1.29, 1.82) is 0 Å². The Morgan fingerprint density at radius 3 is 2.55 bits per heavy atom. The van der Waals surface area contributed by atoms with Crippen LogP contribution in [0.3, 0.4) is 0 Å². The molecule has 11 heteroatoms. The second-order valence-electron chi connectivity index (χ2n) is 7.68. The number of nitrogens with zero attached hydrogens (tertiary/aromatic N) is 1. The normalized spacial score (nSPS) is 27.2. The minimum absolute atomic E-state index is 0.0868. The van der Waals surface area contributed by atoms with Gasteiger partial charge in [-0.1, -0.05) is 13.0 Å². The monoisotopic (exact) mass is 447 g/mol. The Hall–Kier alpha value is -2.69.